The fraction of sp³-hybridized carbons (Fsp3) is 0. The number of nitrogens with one attached hydrogen (secondary N) is 1. The van der Waals surface area contributed by atoms with Crippen molar-refractivity contribution in [2.24, 2.45) is 0 Å². The Kier molecular flexibility index (Phi) is 1.03. The van der Waals surface area contributed by atoms with Gasteiger partial charge in [-0.2, -0.15) is 0 Å². The summed E-state index contributed by atoms with van der Waals surface area (Å²) in [6.45, 7) is -1.89. The zero-order chi connectivity index (χ0) is 5.15. The van der Waals surface area contributed by atoms with Gasteiger partial charge in [-0.05, 0) is 6.77 Å². The first-order chi connectivity index (χ1) is 2.64. The van der Waals surface area contributed by atoms with Crippen LogP contribution < -0.4 is 0 Å². The van der Waals surface area contributed by atoms with Gasteiger partial charge in [0.15, 0.2) is 19.1 Å². The van der Waals surface area contributed by atoms with Crippen LogP contribution in [0.3, 0.4) is 0 Å². The lowest BCUT2D eigenvalue weighted by Crippen LogP contribution is -0.873. The largest absolute Gasteiger partial charge is 0.255 e. The molecule has 0 spiro atoms. The Hall–Kier alpha value is 0.760. The van der Waals surface area contributed by atoms with E-state index in [0.29, 0.717) is 0 Å². The highest BCUT2D eigenvalue weighted by Crippen LogP contribution is 2.14. The quantitative estimate of drug-likeness (QED) is 0.496. The van der Waals surface area contributed by atoms with Crippen molar-refractivity contribution in [2.45, 2.75) is 0 Å². The molecule has 0 amide bonds. The number of hydrogen-bond acceptors (Lipinski definition) is 2. The van der Waals surface area contributed by atoms with Crippen molar-refractivity contribution in [2.75, 3.05) is 0 Å². The highest BCUT2D eigenvalue weighted by atomic mass is 127. The molecule has 0 radical (unpaired) electrons. The topological polar surface area (TPSA) is 40.9 Å². The lowest BCUT2D eigenvalue weighted by atomic mass is 14.0. The van der Waals surface area contributed by atoms with Gasteiger partial charge in [0, 0.05) is 0 Å². The minimum absolute atomic E-state index is 1.89. The molecule has 0 aliphatic heterocycles. The van der Waals surface area contributed by atoms with Gasteiger partial charge in [0.1, 0.15) is 0 Å². The summed E-state index contributed by atoms with van der Waals surface area (Å²) in [5, 5.41) is 0. The molecule has 2 nitrogen and oxygen atoms in total. The van der Waals surface area contributed by atoms with Gasteiger partial charge in [0.05, 0.1) is 2.56 Å². The maximum absolute atomic E-state index is 9.70. The van der Waals surface area contributed by atoms with Crippen molar-refractivity contribution in [1.82, 2.24) is 0 Å². The van der Waals surface area contributed by atoms with Gasteiger partial charge in [-0.15, -0.1) is 0 Å². The Labute approximate surface area is 35.5 Å². The molecule has 0 fully saturated rings. The summed E-state index contributed by atoms with van der Waals surface area (Å²) in [6.07, 6.45) is 0. The van der Waals surface area contributed by atoms with Gasteiger partial charge < -0.3 is 0 Å². The molecule has 4 heteroatoms. The van der Waals surface area contributed by atoms with E-state index in [4.69, 9.17) is 6.12 Å². The first-order valence-corrected chi connectivity index (χ1v) is 5.70. The van der Waals surface area contributed by atoms with Crippen LogP contribution in [-0.2, 0) is 3.07 Å². The molecule has 0 saturated heterocycles. The van der Waals surface area contributed by atoms with E-state index in [1.165, 1.54) is 0 Å². The molecule has 0 aliphatic carbocycles. The normalized spacial score (nSPS) is 16.5. The Morgan fingerprint density at radius 1 is 2.50 bits per heavy atom. The second-order valence-electron chi connectivity index (χ2n) is 0.231. The van der Waals surface area contributed by atoms with E-state index in [2.05, 4.69) is 0 Å². The van der Waals surface area contributed by atoms with Crippen molar-refractivity contribution in [3.8, 4) is 0 Å². The molecular weight excluding hydrogens is 188 g/mol. The third-order valence-electron chi connectivity index (χ3n) is 0. The Morgan fingerprint density at radius 3 is 2.75 bits per heavy atom. The summed E-state index contributed by atoms with van der Waals surface area (Å²) in [7, 11) is 0. The van der Waals surface area contributed by atoms with Crippen molar-refractivity contribution in [1.29, 1.82) is 6.12 Å². The maximum Gasteiger partial charge on any atom is 0.190 e. The first-order valence-electron chi connectivity index (χ1n) is 1.41. The van der Waals surface area contributed by atoms with E-state index in [1.807, 2.05) is 0 Å². The van der Waals surface area contributed by atoms with Crippen molar-refractivity contribution in [3.05, 3.63) is 0 Å². The maximum atomic E-state index is 9.70. The molecule has 0 rings (SSSR count). The predicted octanol–water partition coefficient (Wildman–Crippen LogP) is 1.39. The summed E-state index contributed by atoms with van der Waals surface area (Å²) >= 11 is -2.99. The molecule has 0 bridgehead atoms. The van der Waals surface area contributed by atoms with Crippen molar-refractivity contribution >= 4 is 25.9 Å². The third-order valence-corrected chi connectivity index (χ3v) is 0. The molecule has 0 heterocycles. The number of halogens is 1. The molecule has 0 aromatic carbocycles. The monoisotopic (exact) mass is 193 g/mol. The molecule has 0 atom stereocenters. The van der Waals surface area contributed by atoms with Crippen LogP contribution in [0.25, 0.3) is 0 Å². The molecule has 0 aromatic rings. The minimum Gasteiger partial charge on any atom is -0.255 e. The minimum atomic E-state index is -2.99. The highest BCUT2D eigenvalue weighted by molar-refractivity contribution is 14.2. The smallest absolute Gasteiger partial charge is 0.190 e. The molecule has 26 valence electrons. The van der Waals surface area contributed by atoms with Crippen LogP contribution in [0.15, 0.2) is 0 Å². The highest BCUT2D eigenvalue weighted by Gasteiger charge is 1.45. The SMILES string of the molecule is [2H]P([2H])I(=N)=O. The van der Waals surface area contributed by atoms with Gasteiger partial charge >= 0.3 is 0 Å². The Balaban J connectivity index is 3.57. The van der Waals surface area contributed by atoms with Crippen molar-refractivity contribution in [3.63, 3.8) is 0 Å². The fourth-order valence-corrected chi connectivity index (χ4v) is 0. The number of hydrogen-bond donors (Lipinski definition) is 1. The first kappa shape index (κ1) is 2.03. The van der Waals surface area contributed by atoms with E-state index < -0.39 is 25.9 Å². The van der Waals surface area contributed by atoms with Crippen LogP contribution >= 0.6 is 25.9 Å². The molecule has 1 N–H and O–H groups in total. The van der Waals surface area contributed by atoms with Gasteiger partial charge in [0.2, 0.25) is 0 Å². The second kappa shape index (κ2) is 2.03. The van der Waals surface area contributed by atoms with Crippen molar-refractivity contribution < 1.29 is 3.07 Å². The van der Waals surface area contributed by atoms with E-state index in [0.717, 1.165) is 0 Å². The van der Waals surface area contributed by atoms with Gasteiger partial charge in [0.25, 0.3) is 0 Å². The van der Waals surface area contributed by atoms with Crippen LogP contribution in [0.5, 0.6) is 0 Å². The second-order valence-corrected chi connectivity index (χ2v) is 3.61. The van der Waals surface area contributed by atoms with E-state index in [1.54, 1.807) is 0 Å². The standard InChI is InChI=1S/H3INOP/c2-1(3)4/h2H,4H2/i4D2. The lowest BCUT2D eigenvalue weighted by molar-refractivity contribution is 0.647. The van der Waals surface area contributed by atoms with Crippen LogP contribution in [0.4, 0.5) is 0 Å². The lowest BCUT2D eigenvalue weighted by Gasteiger charge is -1.40. The average molecular weight is 193 g/mol. The summed E-state index contributed by atoms with van der Waals surface area (Å²) in [6, 6.07) is 0. The Morgan fingerprint density at radius 2 is 2.75 bits per heavy atom. The van der Waals surface area contributed by atoms with E-state index in [-0.39, 0.29) is 0 Å². The molecule has 0 aliphatic rings. The third kappa shape index (κ3) is 14.8. The molecule has 0 aromatic heterocycles. The molecule has 4 heavy (non-hydrogen) atoms. The molecule has 0 unspecified atom stereocenters. The molecule has 0 saturated carbocycles. The van der Waals surface area contributed by atoms with Gasteiger partial charge in [-0.1, -0.05) is 0 Å². The Bertz CT molecular complexity index is 89.7. The van der Waals surface area contributed by atoms with Crippen LogP contribution in [0, 0.1) is 3.56 Å². The zero-order valence-electron chi connectivity index (χ0n) is 3.73. The summed E-state index contributed by atoms with van der Waals surface area (Å²) in [5.41, 5.74) is 0. The average Bonchev–Trinajstić information content (AvgIpc) is 1.36. The van der Waals surface area contributed by atoms with Crippen LogP contribution in [0.2, 0.25) is 0 Å². The zero-order valence-corrected chi connectivity index (χ0v) is 4.79. The predicted molar refractivity (Wildman–Crippen MR) is 27.1 cm³/mol. The van der Waals surface area contributed by atoms with Crippen LogP contribution in [-0.4, -0.2) is 2.56 Å². The molecular formula is H3INOP. The van der Waals surface area contributed by atoms with E-state index >= 15 is 0 Å². The number of rotatable bonds is 1. The van der Waals surface area contributed by atoms with Gasteiger partial charge in [-0.3, -0.25) is 3.07 Å². The summed E-state index contributed by atoms with van der Waals surface area (Å²) in [4.78, 5) is 0. The fourth-order valence-electron chi connectivity index (χ4n) is 0. The van der Waals surface area contributed by atoms with Crippen LogP contribution in [0.1, 0.15) is 0 Å². The summed E-state index contributed by atoms with van der Waals surface area (Å²) in [5.74, 6) is 0. The summed E-state index contributed by atoms with van der Waals surface area (Å²) < 4.78 is 28.7. The van der Waals surface area contributed by atoms with Gasteiger partial charge in [-0.25, -0.2) is 3.56 Å². The van der Waals surface area contributed by atoms with E-state index in [9.17, 15) is 3.07 Å².